The number of alkyl halides is 3. The Morgan fingerprint density at radius 2 is 2.00 bits per heavy atom. The lowest BCUT2D eigenvalue weighted by atomic mass is 10.1. The number of rotatable bonds is 8. The van der Waals surface area contributed by atoms with Gasteiger partial charge in [0, 0.05) is 17.7 Å². The molecule has 8 heteroatoms. The Hall–Kier alpha value is -2.51. The summed E-state index contributed by atoms with van der Waals surface area (Å²) in [5.74, 6) is -0.0382. The summed E-state index contributed by atoms with van der Waals surface area (Å²) < 4.78 is 47.1. The average molecular weight is 410 g/mol. The Bertz CT molecular complexity index is 855. The van der Waals surface area contributed by atoms with Gasteiger partial charge in [-0.25, -0.2) is 0 Å². The van der Waals surface area contributed by atoms with Crippen LogP contribution in [-0.2, 0) is 23.9 Å². The number of ether oxygens (including phenoxy) is 1. The third-order valence-electron chi connectivity index (χ3n) is 5.28. The van der Waals surface area contributed by atoms with Crippen LogP contribution in [0, 0.1) is 12.8 Å². The molecule has 1 aliphatic rings. The van der Waals surface area contributed by atoms with E-state index in [1.54, 1.807) is 17.7 Å². The normalized spacial score (nSPS) is 15.0. The van der Waals surface area contributed by atoms with E-state index in [4.69, 9.17) is 9.84 Å². The van der Waals surface area contributed by atoms with Crippen LogP contribution in [0.3, 0.4) is 0 Å². The maximum Gasteiger partial charge on any atom is 0.416 e. The summed E-state index contributed by atoms with van der Waals surface area (Å²) in [4.78, 5) is 10.8. The van der Waals surface area contributed by atoms with Crippen molar-refractivity contribution in [2.45, 2.75) is 58.2 Å². The fraction of sp³-hybridized carbons (Fsp3) is 0.524. The van der Waals surface area contributed by atoms with Gasteiger partial charge in [0.15, 0.2) is 0 Å². The number of aryl methyl sites for hydroxylation is 2. The largest absolute Gasteiger partial charge is 0.493 e. The number of halogens is 3. The number of aliphatic carboxylic acids is 1. The molecule has 0 aliphatic heterocycles. The standard InChI is InChI=1S/C21H25F3N2O3/c1-14-10-18(7-9-20(27)28)25-26(14)12-16-11-17(21(22,23)24)6-8-19(16)29-13-15-4-2-3-5-15/h6,8,10-11,15H,2-5,7,9,12-13H2,1H3,(H,27,28). The van der Waals surface area contributed by atoms with E-state index in [2.05, 4.69) is 5.10 Å². The van der Waals surface area contributed by atoms with Crippen molar-refractivity contribution >= 4 is 5.97 Å². The van der Waals surface area contributed by atoms with Crippen LogP contribution in [0.4, 0.5) is 13.2 Å². The van der Waals surface area contributed by atoms with Crippen molar-refractivity contribution in [3.05, 3.63) is 46.8 Å². The van der Waals surface area contributed by atoms with Crippen LogP contribution >= 0.6 is 0 Å². The fourth-order valence-corrected chi connectivity index (χ4v) is 3.66. The molecular weight excluding hydrogens is 385 g/mol. The first-order chi connectivity index (χ1) is 13.7. The molecule has 0 amide bonds. The van der Waals surface area contributed by atoms with Crippen LogP contribution in [0.25, 0.3) is 0 Å². The molecule has 1 aliphatic carbocycles. The van der Waals surface area contributed by atoms with Gasteiger partial charge in [0.05, 0.1) is 30.8 Å². The molecule has 0 saturated heterocycles. The summed E-state index contributed by atoms with van der Waals surface area (Å²) in [6.07, 6.45) is 0.290. The summed E-state index contributed by atoms with van der Waals surface area (Å²) in [5.41, 5.74) is 1.04. The molecule has 0 bridgehead atoms. The number of nitrogens with zero attached hydrogens (tertiary/aromatic N) is 2. The van der Waals surface area contributed by atoms with E-state index in [9.17, 15) is 18.0 Å². The minimum atomic E-state index is -4.44. The van der Waals surface area contributed by atoms with Crippen LogP contribution in [0.2, 0.25) is 0 Å². The molecule has 158 valence electrons. The third kappa shape index (κ3) is 5.74. The number of aromatic nitrogens is 2. The van der Waals surface area contributed by atoms with Gasteiger partial charge in [0.25, 0.3) is 0 Å². The highest BCUT2D eigenvalue weighted by Crippen LogP contribution is 2.34. The predicted octanol–water partition coefficient (Wildman–Crippen LogP) is 4.84. The van der Waals surface area contributed by atoms with E-state index in [0.717, 1.165) is 30.7 Å². The molecule has 5 nitrogen and oxygen atoms in total. The Kier molecular flexibility index (Phi) is 6.49. The van der Waals surface area contributed by atoms with Crippen molar-refractivity contribution in [2.24, 2.45) is 5.92 Å². The number of carboxylic acid groups (broad SMARTS) is 1. The third-order valence-corrected chi connectivity index (χ3v) is 5.28. The molecule has 0 unspecified atom stereocenters. The summed E-state index contributed by atoms with van der Waals surface area (Å²) >= 11 is 0. The van der Waals surface area contributed by atoms with Gasteiger partial charge in [-0.05, 0) is 49.9 Å². The second-order valence-corrected chi connectivity index (χ2v) is 7.61. The van der Waals surface area contributed by atoms with E-state index in [0.29, 0.717) is 29.5 Å². The number of benzene rings is 1. The zero-order valence-corrected chi connectivity index (χ0v) is 16.3. The van der Waals surface area contributed by atoms with Crippen molar-refractivity contribution in [1.29, 1.82) is 0 Å². The van der Waals surface area contributed by atoms with E-state index >= 15 is 0 Å². The van der Waals surface area contributed by atoms with Gasteiger partial charge in [-0.2, -0.15) is 18.3 Å². The van der Waals surface area contributed by atoms with Gasteiger partial charge in [0.2, 0.25) is 0 Å². The Labute approximate surface area is 167 Å². The molecule has 1 saturated carbocycles. The summed E-state index contributed by atoms with van der Waals surface area (Å²) in [6, 6.07) is 5.30. The highest BCUT2D eigenvalue weighted by atomic mass is 19.4. The molecule has 29 heavy (non-hydrogen) atoms. The van der Waals surface area contributed by atoms with Crippen molar-refractivity contribution in [2.75, 3.05) is 6.61 Å². The van der Waals surface area contributed by atoms with E-state index < -0.39 is 17.7 Å². The Balaban J connectivity index is 1.81. The minimum absolute atomic E-state index is 0.0459. The Morgan fingerprint density at radius 1 is 1.28 bits per heavy atom. The first-order valence-corrected chi connectivity index (χ1v) is 9.80. The molecule has 0 atom stereocenters. The topological polar surface area (TPSA) is 64.3 Å². The number of carbonyl (C=O) groups is 1. The monoisotopic (exact) mass is 410 g/mol. The zero-order valence-electron chi connectivity index (χ0n) is 16.3. The van der Waals surface area contributed by atoms with Crippen molar-refractivity contribution < 1.29 is 27.8 Å². The lowest BCUT2D eigenvalue weighted by Crippen LogP contribution is -2.13. The van der Waals surface area contributed by atoms with Gasteiger partial charge in [-0.15, -0.1) is 0 Å². The Morgan fingerprint density at radius 3 is 2.66 bits per heavy atom. The number of carboxylic acids is 1. The second-order valence-electron chi connectivity index (χ2n) is 7.61. The molecule has 0 radical (unpaired) electrons. The smallest absolute Gasteiger partial charge is 0.416 e. The number of hydrogen-bond acceptors (Lipinski definition) is 3. The van der Waals surface area contributed by atoms with Gasteiger partial charge in [-0.3, -0.25) is 9.48 Å². The highest BCUT2D eigenvalue weighted by Gasteiger charge is 2.31. The molecular formula is C21H25F3N2O3. The lowest BCUT2D eigenvalue weighted by molar-refractivity contribution is -0.138. The van der Waals surface area contributed by atoms with E-state index in [-0.39, 0.29) is 19.4 Å². The second kappa shape index (κ2) is 8.88. The van der Waals surface area contributed by atoms with Crippen molar-refractivity contribution in [1.82, 2.24) is 9.78 Å². The minimum Gasteiger partial charge on any atom is -0.493 e. The lowest BCUT2D eigenvalue weighted by Gasteiger charge is -2.17. The molecule has 3 rings (SSSR count). The van der Waals surface area contributed by atoms with Crippen LogP contribution in [0.1, 0.15) is 54.6 Å². The molecule has 1 heterocycles. The molecule has 1 aromatic carbocycles. The summed E-state index contributed by atoms with van der Waals surface area (Å²) in [6.45, 7) is 2.42. The molecule has 1 fully saturated rings. The van der Waals surface area contributed by atoms with Crippen molar-refractivity contribution in [3.63, 3.8) is 0 Å². The van der Waals surface area contributed by atoms with Crippen LogP contribution in [0.5, 0.6) is 5.75 Å². The van der Waals surface area contributed by atoms with Gasteiger partial charge < -0.3 is 9.84 Å². The van der Waals surface area contributed by atoms with E-state index in [1.807, 2.05) is 0 Å². The van der Waals surface area contributed by atoms with Gasteiger partial charge >= 0.3 is 12.1 Å². The molecule has 0 spiro atoms. The first-order valence-electron chi connectivity index (χ1n) is 9.80. The fourth-order valence-electron chi connectivity index (χ4n) is 3.66. The van der Waals surface area contributed by atoms with Crippen LogP contribution < -0.4 is 4.74 Å². The maximum atomic E-state index is 13.2. The van der Waals surface area contributed by atoms with E-state index in [1.165, 1.54) is 18.9 Å². The zero-order chi connectivity index (χ0) is 21.0. The van der Waals surface area contributed by atoms with Gasteiger partial charge in [-0.1, -0.05) is 12.8 Å². The maximum absolute atomic E-state index is 13.2. The SMILES string of the molecule is Cc1cc(CCC(=O)O)nn1Cc1cc(C(F)(F)F)ccc1OCC1CCCC1. The quantitative estimate of drug-likeness (QED) is 0.676. The van der Waals surface area contributed by atoms with Crippen LogP contribution in [-0.4, -0.2) is 27.5 Å². The summed E-state index contributed by atoms with van der Waals surface area (Å²) in [7, 11) is 0. The van der Waals surface area contributed by atoms with Crippen LogP contribution in [0.15, 0.2) is 24.3 Å². The molecule has 2 aromatic rings. The number of hydrogen-bond donors (Lipinski definition) is 1. The highest BCUT2D eigenvalue weighted by molar-refractivity contribution is 5.66. The van der Waals surface area contributed by atoms with Crippen molar-refractivity contribution in [3.8, 4) is 5.75 Å². The molecule has 1 aromatic heterocycles. The first kappa shape index (κ1) is 21.2. The molecule has 1 N–H and O–H groups in total. The van der Waals surface area contributed by atoms with Gasteiger partial charge in [0.1, 0.15) is 5.75 Å². The summed E-state index contributed by atoms with van der Waals surface area (Å²) in [5, 5.41) is 13.2. The predicted molar refractivity (Wildman–Crippen MR) is 101 cm³/mol. The average Bonchev–Trinajstić information content (AvgIpc) is 3.28.